The van der Waals surface area contributed by atoms with Crippen LogP contribution in [-0.2, 0) is 6.42 Å². The molecule has 2 aromatic rings. The Morgan fingerprint density at radius 2 is 2.00 bits per heavy atom. The average Bonchev–Trinajstić information content (AvgIpc) is 2.46. The Kier molecular flexibility index (Phi) is 4.56. The number of anilines is 1. The molecule has 0 fully saturated rings. The zero-order valence-electron chi connectivity index (χ0n) is 12.5. The Bertz CT molecular complexity index is 559. The molecule has 1 aromatic carbocycles. The number of aromatic nitrogens is 2. The quantitative estimate of drug-likeness (QED) is 0.903. The van der Waals surface area contributed by atoms with Crippen molar-refractivity contribution in [3.63, 3.8) is 0 Å². The molecule has 2 rings (SSSR count). The van der Waals surface area contributed by atoms with Gasteiger partial charge in [0.05, 0.1) is 11.8 Å². The van der Waals surface area contributed by atoms with E-state index in [1.807, 2.05) is 51.2 Å². The maximum atomic E-state index is 5.73. The van der Waals surface area contributed by atoms with Crippen LogP contribution in [0.1, 0.15) is 26.6 Å². The maximum absolute atomic E-state index is 5.73. The third-order valence-electron chi connectivity index (χ3n) is 2.85. The lowest BCUT2D eigenvalue weighted by atomic mass is 10.1. The second-order valence-corrected chi connectivity index (χ2v) is 4.85. The standard InChI is InChI=1S/C16H21N3O/c1-5-15-18-14(10-16(17-4)19-15)12-7-6-8-13(9-12)20-11(2)3/h6-11H,5H2,1-4H3,(H,17,18,19). The molecule has 0 amide bonds. The zero-order valence-corrected chi connectivity index (χ0v) is 12.5. The Hall–Kier alpha value is -2.10. The van der Waals surface area contributed by atoms with Crippen molar-refractivity contribution in [3.8, 4) is 17.0 Å². The predicted molar refractivity (Wildman–Crippen MR) is 82.2 cm³/mol. The van der Waals surface area contributed by atoms with Crippen LogP contribution in [0.5, 0.6) is 5.75 Å². The second kappa shape index (κ2) is 6.37. The summed E-state index contributed by atoms with van der Waals surface area (Å²) in [6, 6.07) is 9.95. The summed E-state index contributed by atoms with van der Waals surface area (Å²) in [5, 5.41) is 3.08. The highest BCUT2D eigenvalue weighted by Crippen LogP contribution is 2.24. The van der Waals surface area contributed by atoms with Gasteiger partial charge in [0.2, 0.25) is 0 Å². The van der Waals surface area contributed by atoms with Crippen molar-refractivity contribution in [2.75, 3.05) is 12.4 Å². The van der Waals surface area contributed by atoms with Crippen LogP contribution in [0.3, 0.4) is 0 Å². The molecule has 1 N–H and O–H groups in total. The van der Waals surface area contributed by atoms with E-state index in [1.165, 1.54) is 0 Å². The van der Waals surface area contributed by atoms with E-state index in [1.54, 1.807) is 0 Å². The van der Waals surface area contributed by atoms with Crippen LogP contribution < -0.4 is 10.1 Å². The lowest BCUT2D eigenvalue weighted by Gasteiger charge is -2.11. The SMILES string of the molecule is CCc1nc(NC)cc(-c2cccc(OC(C)C)c2)n1. The van der Waals surface area contributed by atoms with E-state index in [0.29, 0.717) is 0 Å². The predicted octanol–water partition coefficient (Wildman–Crippen LogP) is 3.53. The first-order valence-corrected chi connectivity index (χ1v) is 6.95. The highest BCUT2D eigenvalue weighted by molar-refractivity contribution is 5.64. The summed E-state index contributed by atoms with van der Waals surface area (Å²) in [6.07, 6.45) is 0.972. The summed E-state index contributed by atoms with van der Waals surface area (Å²) in [7, 11) is 1.86. The highest BCUT2D eigenvalue weighted by Gasteiger charge is 2.07. The van der Waals surface area contributed by atoms with E-state index < -0.39 is 0 Å². The second-order valence-electron chi connectivity index (χ2n) is 4.85. The normalized spacial score (nSPS) is 10.7. The number of hydrogen-bond donors (Lipinski definition) is 1. The van der Waals surface area contributed by atoms with Gasteiger partial charge in [-0.1, -0.05) is 19.1 Å². The topological polar surface area (TPSA) is 47.0 Å². The first-order chi connectivity index (χ1) is 9.62. The van der Waals surface area contributed by atoms with Crippen molar-refractivity contribution in [1.82, 2.24) is 9.97 Å². The van der Waals surface area contributed by atoms with E-state index in [2.05, 4.69) is 22.2 Å². The zero-order chi connectivity index (χ0) is 14.5. The number of rotatable bonds is 5. The lowest BCUT2D eigenvalue weighted by molar-refractivity contribution is 0.242. The highest BCUT2D eigenvalue weighted by atomic mass is 16.5. The number of hydrogen-bond acceptors (Lipinski definition) is 4. The molecule has 1 aromatic heterocycles. The number of nitrogens with one attached hydrogen (secondary N) is 1. The Morgan fingerprint density at radius 3 is 2.65 bits per heavy atom. The molecule has 4 heteroatoms. The molecule has 20 heavy (non-hydrogen) atoms. The van der Waals surface area contributed by atoms with E-state index in [4.69, 9.17) is 4.74 Å². The van der Waals surface area contributed by atoms with Gasteiger partial charge in [-0.15, -0.1) is 0 Å². The average molecular weight is 271 g/mol. The maximum Gasteiger partial charge on any atom is 0.131 e. The van der Waals surface area contributed by atoms with Crippen LogP contribution >= 0.6 is 0 Å². The fourth-order valence-electron chi connectivity index (χ4n) is 1.93. The van der Waals surface area contributed by atoms with Gasteiger partial charge in [-0.2, -0.15) is 0 Å². The molecule has 0 spiro atoms. The molecule has 1 heterocycles. The minimum absolute atomic E-state index is 0.162. The van der Waals surface area contributed by atoms with Crippen molar-refractivity contribution in [2.24, 2.45) is 0 Å². The van der Waals surface area contributed by atoms with Crippen LogP contribution in [0.2, 0.25) is 0 Å². The minimum Gasteiger partial charge on any atom is -0.491 e. The van der Waals surface area contributed by atoms with E-state index >= 15 is 0 Å². The number of aryl methyl sites for hydroxylation is 1. The Morgan fingerprint density at radius 1 is 1.20 bits per heavy atom. The van der Waals surface area contributed by atoms with Gasteiger partial charge in [-0.05, 0) is 26.0 Å². The van der Waals surface area contributed by atoms with Crippen LogP contribution in [0.25, 0.3) is 11.3 Å². The summed E-state index contributed by atoms with van der Waals surface area (Å²) < 4.78 is 5.73. The van der Waals surface area contributed by atoms with Crippen molar-refractivity contribution in [1.29, 1.82) is 0 Å². The van der Waals surface area contributed by atoms with Crippen LogP contribution in [0.4, 0.5) is 5.82 Å². The van der Waals surface area contributed by atoms with Crippen molar-refractivity contribution in [2.45, 2.75) is 33.3 Å². The van der Waals surface area contributed by atoms with Gasteiger partial charge in [-0.3, -0.25) is 0 Å². The van der Waals surface area contributed by atoms with Crippen LogP contribution in [-0.4, -0.2) is 23.1 Å². The van der Waals surface area contributed by atoms with Crippen LogP contribution in [0, 0.1) is 0 Å². The van der Waals surface area contributed by atoms with Crippen LogP contribution in [0.15, 0.2) is 30.3 Å². The summed E-state index contributed by atoms with van der Waals surface area (Å²) in [5.74, 6) is 2.53. The van der Waals surface area contributed by atoms with Crippen molar-refractivity contribution in [3.05, 3.63) is 36.2 Å². The Labute approximate surface area is 120 Å². The summed E-state index contributed by atoms with van der Waals surface area (Å²) >= 11 is 0. The molecule has 106 valence electrons. The third kappa shape index (κ3) is 3.47. The molecule has 0 saturated heterocycles. The van der Waals surface area contributed by atoms with Gasteiger partial charge in [0, 0.05) is 25.1 Å². The van der Waals surface area contributed by atoms with Gasteiger partial charge in [0.15, 0.2) is 0 Å². The number of nitrogens with zero attached hydrogens (tertiary/aromatic N) is 2. The van der Waals surface area contributed by atoms with Gasteiger partial charge < -0.3 is 10.1 Å². The van der Waals surface area contributed by atoms with Gasteiger partial charge in [0.1, 0.15) is 17.4 Å². The first kappa shape index (κ1) is 14.3. The van der Waals surface area contributed by atoms with Crippen molar-refractivity contribution >= 4 is 5.82 Å². The Balaban J connectivity index is 2.40. The first-order valence-electron chi connectivity index (χ1n) is 6.95. The summed E-state index contributed by atoms with van der Waals surface area (Å²) in [6.45, 7) is 6.09. The molecule has 0 atom stereocenters. The molecule has 4 nitrogen and oxygen atoms in total. The molecule has 0 bridgehead atoms. The van der Waals surface area contributed by atoms with E-state index in [-0.39, 0.29) is 6.10 Å². The van der Waals surface area contributed by atoms with Gasteiger partial charge in [0.25, 0.3) is 0 Å². The summed E-state index contributed by atoms with van der Waals surface area (Å²) in [5.41, 5.74) is 1.95. The largest absolute Gasteiger partial charge is 0.491 e. The third-order valence-corrected chi connectivity index (χ3v) is 2.85. The smallest absolute Gasteiger partial charge is 0.131 e. The minimum atomic E-state index is 0.162. The fourth-order valence-corrected chi connectivity index (χ4v) is 1.93. The molecule has 0 aliphatic carbocycles. The lowest BCUT2D eigenvalue weighted by Crippen LogP contribution is -2.05. The van der Waals surface area contributed by atoms with E-state index in [0.717, 1.165) is 35.1 Å². The molecule has 0 radical (unpaired) electrons. The number of ether oxygens (including phenoxy) is 1. The molecule has 0 saturated carbocycles. The molecular formula is C16H21N3O. The van der Waals surface area contributed by atoms with Crippen molar-refractivity contribution < 1.29 is 4.74 Å². The van der Waals surface area contributed by atoms with Gasteiger partial charge >= 0.3 is 0 Å². The monoisotopic (exact) mass is 271 g/mol. The molecule has 0 unspecified atom stereocenters. The van der Waals surface area contributed by atoms with Gasteiger partial charge in [-0.25, -0.2) is 9.97 Å². The molecule has 0 aliphatic rings. The van der Waals surface area contributed by atoms with E-state index in [9.17, 15) is 0 Å². The fraction of sp³-hybridized carbons (Fsp3) is 0.375. The molecular weight excluding hydrogens is 250 g/mol. The molecule has 0 aliphatic heterocycles. The summed E-state index contributed by atoms with van der Waals surface area (Å²) in [4.78, 5) is 9.00. The number of benzene rings is 1.